The number of amides is 2. The first-order chi connectivity index (χ1) is 19.1. The first-order valence-corrected chi connectivity index (χ1v) is 15.0. The predicted octanol–water partition coefficient (Wildman–Crippen LogP) is 3.92. The van der Waals surface area contributed by atoms with E-state index in [2.05, 4.69) is 5.32 Å². The van der Waals surface area contributed by atoms with E-state index in [0.29, 0.717) is 40.3 Å². The molecule has 1 aliphatic rings. The second kappa shape index (κ2) is 12.8. The van der Waals surface area contributed by atoms with Crippen molar-refractivity contribution in [3.63, 3.8) is 0 Å². The summed E-state index contributed by atoms with van der Waals surface area (Å²) in [6.07, 6.45) is 1.21. The number of fused-ring (bicyclic) bond motifs is 1. The zero-order valence-corrected chi connectivity index (χ0v) is 24.3. The van der Waals surface area contributed by atoms with Crippen LogP contribution in [0.4, 0.5) is 5.69 Å². The molecule has 0 saturated carbocycles. The summed E-state index contributed by atoms with van der Waals surface area (Å²) in [6, 6.07) is 17.8. The normalized spacial score (nSPS) is 13.3. The van der Waals surface area contributed by atoms with Crippen LogP contribution in [0.2, 0.25) is 10.0 Å². The molecular weight excluding hydrogens is 577 g/mol. The highest BCUT2D eigenvalue weighted by atomic mass is 35.5. The third-order valence-corrected chi connectivity index (χ3v) is 8.09. The largest absolute Gasteiger partial charge is 0.486 e. The van der Waals surface area contributed by atoms with E-state index >= 15 is 0 Å². The number of benzene rings is 3. The molecule has 40 heavy (non-hydrogen) atoms. The van der Waals surface area contributed by atoms with Crippen LogP contribution < -0.4 is 19.1 Å². The molecule has 0 aromatic heterocycles. The zero-order valence-electron chi connectivity index (χ0n) is 22.0. The van der Waals surface area contributed by atoms with Crippen LogP contribution in [0.5, 0.6) is 11.5 Å². The average Bonchev–Trinajstić information content (AvgIpc) is 2.93. The number of anilines is 1. The summed E-state index contributed by atoms with van der Waals surface area (Å²) >= 11 is 12.5. The molecule has 1 heterocycles. The van der Waals surface area contributed by atoms with Crippen LogP contribution >= 0.6 is 23.2 Å². The van der Waals surface area contributed by atoms with Gasteiger partial charge in [0.2, 0.25) is 21.8 Å². The molecule has 12 heteroatoms. The summed E-state index contributed by atoms with van der Waals surface area (Å²) in [5.74, 6) is -0.151. The number of halogens is 2. The Morgan fingerprint density at radius 3 is 2.33 bits per heavy atom. The van der Waals surface area contributed by atoms with Crippen LogP contribution in [0.25, 0.3) is 0 Å². The second-order valence-corrected chi connectivity index (χ2v) is 11.9. The molecule has 9 nitrogen and oxygen atoms in total. The smallest absolute Gasteiger partial charge is 0.244 e. The number of carbonyl (C=O) groups is 2. The Kier molecular flexibility index (Phi) is 9.44. The van der Waals surface area contributed by atoms with E-state index in [1.54, 1.807) is 30.3 Å². The molecule has 0 fully saturated rings. The molecule has 4 rings (SSSR count). The van der Waals surface area contributed by atoms with Crippen LogP contribution in [-0.2, 0) is 32.6 Å². The number of ether oxygens (including phenoxy) is 2. The van der Waals surface area contributed by atoms with Gasteiger partial charge >= 0.3 is 0 Å². The van der Waals surface area contributed by atoms with Gasteiger partial charge in [0.1, 0.15) is 25.8 Å². The van der Waals surface area contributed by atoms with Crippen molar-refractivity contribution >= 4 is 50.7 Å². The first kappa shape index (κ1) is 29.5. The molecular formula is C28H29Cl2N3O6S. The maximum atomic E-state index is 14.0. The van der Waals surface area contributed by atoms with Crippen molar-refractivity contribution in [3.8, 4) is 11.5 Å². The highest BCUT2D eigenvalue weighted by Gasteiger charge is 2.33. The molecule has 0 spiro atoms. The summed E-state index contributed by atoms with van der Waals surface area (Å²) in [5.41, 5.74) is 1.60. The van der Waals surface area contributed by atoms with E-state index in [1.165, 1.54) is 18.0 Å². The fourth-order valence-electron chi connectivity index (χ4n) is 4.35. The molecule has 0 unspecified atom stereocenters. The number of rotatable bonds is 10. The van der Waals surface area contributed by atoms with Gasteiger partial charge in [0.15, 0.2) is 11.5 Å². The van der Waals surface area contributed by atoms with Gasteiger partial charge in [0, 0.05) is 36.1 Å². The van der Waals surface area contributed by atoms with Crippen molar-refractivity contribution in [2.75, 3.05) is 37.4 Å². The lowest BCUT2D eigenvalue weighted by molar-refractivity contribution is -0.139. The van der Waals surface area contributed by atoms with Crippen molar-refractivity contribution in [2.45, 2.75) is 19.0 Å². The van der Waals surface area contributed by atoms with E-state index in [-0.39, 0.29) is 18.7 Å². The van der Waals surface area contributed by atoms with Crippen LogP contribution in [0.3, 0.4) is 0 Å². The number of carbonyl (C=O) groups excluding carboxylic acids is 2. The summed E-state index contributed by atoms with van der Waals surface area (Å²) in [6.45, 7) is 0.0762. The van der Waals surface area contributed by atoms with Gasteiger partial charge in [-0.1, -0.05) is 59.6 Å². The molecule has 3 aromatic rings. The summed E-state index contributed by atoms with van der Waals surface area (Å²) in [7, 11) is -2.44. The highest BCUT2D eigenvalue weighted by Crippen LogP contribution is 2.35. The molecule has 3 aromatic carbocycles. The Hall–Kier alpha value is -3.47. The topological polar surface area (TPSA) is 105 Å². The number of likely N-dealkylation sites (N-methyl/N-ethyl adjacent to an activating group) is 1. The Morgan fingerprint density at radius 1 is 0.975 bits per heavy atom. The number of sulfonamides is 1. The maximum absolute atomic E-state index is 14.0. The molecule has 0 aliphatic carbocycles. The van der Waals surface area contributed by atoms with Gasteiger partial charge in [-0.2, -0.15) is 0 Å². The Balaban J connectivity index is 1.73. The molecule has 212 valence electrons. The van der Waals surface area contributed by atoms with Gasteiger partial charge in [-0.3, -0.25) is 13.9 Å². The molecule has 1 aliphatic heterocycles. The molecule has 0 radical (unpaired) electrons. The van der Waals surface area contributed by atoms with Gasteiger partial charge < -0.3 is 19.7 Å². The van der Waals surface area contributed by atoms with E-state index < -0.39 is 34.4 Å². The number of nitrogens with one attached hydrogen (secondary N) is 1. The lowest BCUT2D eigenvalue weighted by atomic mass is 10.0. The minimum absolute atomic E-state index is 0.0570. The highest BCUT2D eigenvalue weighted by molar-refractivity contribution is 7.92. The van der Waals surface area contributed by atoms with Crippen molar-refractivity contribution in [2.24, 2.45) is 0 Å². The Bertz CT molecular complexity index is 1490. The Morgan fingerprint density at radius 2 is 1.68 bits per heavy atom. The number of hydrogen-bond donors (Lipinski definition) is 1. The van der Waals surface area contributed by atoms with Gasteiger partial charge in [-0.25, -0.2) is 8.42 Å². The van der Waals surface area contributed by atoms with Gasteiger partial charge in [0.25, 0.3) is 0 Å². The van der Waals surface area contributed by atoms with E-state index in [1.807, 2.05) is 30.3 Å². The molecule has 1 N–H and O–H groups in total. The fourth-order valence-corrected chi connectivity index (χ4v) is 5.66. The van der Waals surface area contributed by atoms with Gasteiger partial charge in [-0.05, 0) is 35.4 Å². The predicted molar refractivity (Wildman–Crippen MR) is 155 cm³/mol. The van der Waals surface area contributed by atoms with Crippen LogP contribution in [0.1, 0.15) is 11.1 Å². The van der Waals surface area contributed by atoms with Crippen molar-refractivity contribution < 1.29 is 27.5 Å². The second-order valence-electron chi connectivity index (χ2n) is 9.17. The molecule has 0 bridgehead atoms. The van der Waals surface area contributed by atoms with Crippen LogP contribution in [0.15, 0.2) is 66.7 Å². The molecule has 0 saturated heterocycles. The minimum Gasteiger partial charge on any atom is -0.486 e. The fraction of sp³-hybridized carbons (Fsp3) is 0.286. The Labute approximate surface area is 243 Å². The summed E-state index contributed by atoms with van der Waals surface area (Å²) in [4.78, 5) is 28.5. The SMILES string of the molecule is CNC(=O)[C@H](Cc1ccccc1)N(Cc1ccc(Cl)cc1Cl)C(=O)CN(c1ccc2c(c1)OCCO2)S(C)(=O)=O. The monoisotopic (exact) mass is 605 g/mol. The minimum atomic E-state index is -3.92. The summed E-state index contributed by atoms with van der Waals surface area (Å²) < 4.78 is 38.0. The van der Waals surface area contributed by atoms with Crippen molar-refractivity contribution in [1.29, 1.82) is 0 Å². The zero-order chi connectivity index (χ0) is 28.9. The number of nitrogens with zero attached hydrogens (tertiary/aromatic N) is 2. The molecule has 1 atom stereocenters. The molecule has 2 amide bonds. The van der Waals surface area contributed by atoms with E-state index in [4.69, 9.17) is 32.7 Å². The lowest BCUT2D eigenvalue weighted by Crippen LogP contribution is -2.52. The van der Waals surface area contributed by atoms with Crippen molar-refractivity contribution in [1.82, 2.24) is 10.2 Å². The number of hydrogen-bond acceptors (Lipinski definition) is 6. The first-order valence-electron chi connectivity index (χ1n) is 12.4. The summed E-state index contributed by atoms with van der Waals surface area (Å²) in [5, 5.41) is 3.36. The third-order valence-electron chi connectivity index (χ3n) is 6.37. The quantitative estimate of drug-likeness (QED) is 0.375. The average molecular weight is 607 g/mol. The van der Waals surface area contributed by atoms with E-state index in [9.17, 15) is 18.0 Å². The van der Waals surface area contributed by atoms with Gasteiger partial charge in [0.05, 0.1) is 11.9 Å². The van der Waals surface area contributed by atoms with Gasteiger partial charge in [-0.15, -0.1) is 0 Å². The van der Waals surface area contributed by atoms with Crippen LogP contribution in [-0.4, -0.2) is 64.2 Å². The van der Waals surface area contributed by atoms with E-state index in [0.717, 1.165) is 16.1 Å². The third kappa shape index (κ3) is 7.18. The van der Waals surface area contributed by atoms with Crippen LogP contribution in [0, 0.1) is 0 Å². The van der Waals surface area contributed by atoms with Crippen molar-refractivity contribution in [3.05, 3.63) is 87.9 Å². The lowest BCUT2D eigenvalue weighted by Gasteiger charge is -2.33. The maximum Gasteiger partial charge on any atom is 0.244 e. The standard InChI is InChI=1S/C28H29Cl2N3O6S/c1-31-28(35)24(14-19-6-4-3-5-7-19)32(17-20-8-9-21(29)15-23(20)30)27(34)18-33(40(2,36)37)22-10-11-25-26(16-22)39-13-12-38-25/h3-11,15-16,24H,12-14,17-18H2,1-2H3,(H,31,35)/t24-/m0/s1.